The molecule has 0 radical (unpaired) electrons. The lowest BCUT2D eigenvalue weighted by Gasteiger charge is -2.20. The molecule has 0 spiro atoms. The summed E-state index contributed by atoms with van der Waals surface area (Å²) in [6, 6.07) is 12.9. The number of hydrogen-bond acceptors (Lipinski definition) is 4. The minimum atomic E-state index is -0.329. The van der Waals surface area contributed by atoms with E-state index in [0.29, 0.717) is 39.0 Å². The van der Waals surface area contributed by atoms with E-state index in [4.69, 9.17) is 11.6 Å². The molecule has 0 aliphatic rings. The van der Waals surface area contributed by atoms with E-state index < -0.39 is 0 Å². The second-order valence-electron chi connectivity index (χ2n) is 5.84. The van der Waals surface area contributed by atoms with Gasteiger partial charge in [0.2, 0.25) is 0 Å². The highest BCUT2D eigenvalue weighted by Gasteiger charge is 2.21. The lowest BCUT2D eigenvalue weighted by atomic mass is 10.2. The Morgan fingerprint density at radius 3 is 2.78 bits per heavy atom. The third kappa shape index (κ3) is 3.84. The van der Waals surface area contributed by atoms with Crippen LogP contribution in [-0.2, 0) is 6.54 Å². The van der Waals surface area contributed by atoms with Gasteiger partial charge in [-0.25, -0.2) is 9.37 Å². The average molecular weight is 401 g/mol. The van der Waals surface area contributed by atoms with Gasteiger partial charge in [-0.3, -0.25) is 14.4 Å². The van der Waals surface area contributed by atoms with Crippen molar-refractivity contribution in [1.82, 2.24) is 14.8 Å². The molecule has 4 rings (SSSR count). The number of carbonyl (C=O) groups is 1. The molecule has 1 amide bonds. The Kier molecular flexibility index (Phi) is 4.87. The zero-order chi connectivity index (χ0) is 18.8. The molecule has 0 saturated heterocycles. The standard InChI is InChI=1S/C19H14ClFN4OS/c20-14-4-2-13(3-5-14)18(26)25(11-10-24-9-1-8-22-24)19-23-16-7-6-15(21)12-17(16)27-19/h1-9,12H,10-11H2. The van der Waals surface area contributed by atoms with Crippen LogP contribution in [-0.4, -0.2) is 27.2 Å². The Morgan fingerprint density at radius 2 is 2.04 bits per heavy atom. The number of halogens is 2. The van der Waals surface area contributed by atoms with Crippen LogP contribution < -0.4 is 4.90 Å². The van der Waals surface area contributed by atoms with Crippen molar-refractivity contribution in [2.45, 2.75) is 6.54 Å². The van der Waals surface area contributed by atoms with Crippen LogP contribution in [0.5, 0.6) is 0 Å². The van der Waals surface area contributed by atoms with Crippen LogP contribution in [0.2, 0.25) is 5.02 Å². The number of rotatable bonds is 5. The van der Waals surface area contributed by atoms with Crippen molar-refractivity contribution < 1.29 is 9.18 Å². The Bertz CT molecular complexity index is 1080. The monoisotopic (exact) mass is 400 g/mol. The lowest BCUT2D eigenvalue weighted by Crippen LogP contribution is -2.34. The zero-order valence-electron chi connectivity index (χ0n) is 14.0. The van der Waals surface area contributed by atoms with E-state index in [9.17, 15) is 9.18 Å². The van der Waals surface area contributed by atoms with E-state index in [1.165, 1.54) is 23.5 Å². The predicted octanol–water partition coefficient (Wildman–Crippen LogP) is 4.63. The van der Waals surface area contributed by atoms with Gasteiger partial charge in [0.15, 0.2) is 5.13 Å². The quantitative estimate of drug-likeness (QED) is 0.490. The molecule has 0 bridgehead atoms. The van der Waals surface area contributed by atoms with Gasteiger partial charge in [-0.05, 0) is 48.5 Å². The van der Waals surface area contributed by atoms with E-state index in [0.717, 1.165) is 0 Å². The number of fused-ring (bicyclic) bond motifs is 1. The van der Waals surface area contributed by atoms with Crippen molar-refractivity contribution in [3.63, 3.8) is 0 Å². The van der Waals surface area contributed by atoms with Gasteiger partial charge in [0.05, 0.1) is 16.8 Å². The van der Waals surface area contributed by atoms with Gasteiger partial charge in [0, 0.05) is 29.5 Å². The van der Waals surface area contributed by atoms with Crippen molar-refractivity contribution in [1.29, 1.82) is 0 Å². The van der Waals surface area contributed by atoms with Crippen molar-refractivity contribution in [2.75, 3.05) is 11.4 Å². The third-order valence-corrected chi connectivity index (χ3v) is 5.31. The second kappa shape index (κ2) is 7.46. The lowest BCUT2D eigenvalue weighted by molar-refractivity contribution is 0.0986. The number of amides is 1. The maximum atomic E-state index is 13.5. The van der Waals surface area contributed by atoms with Gasteiger partial charge in [-0.2, -0.15) is 5.10 Å². The molecular weight excluding hydrogens is 387 g/mol. The maximum Gasteiger partial charge on any atom is 0.260 e. The first-order chi connectivity index (χ1) is 13.1. The molecule has 2 aromatic heterocycles. The summed E-state index contributed by atoms with van der Waals surface area (Å²) in [7, 11) is 0. The van der Waals surface area contributed by atoms with E-state index in [-0.39, 0.29) is 11.7 Å². The highest BCUT2D eigenvalue weighted by Crippen LogP contribution is 2.30. The number of anilines is 1. The highest BCUT2D eigenvalue weighted by atomic mass is 35.5. The number of carbonyl (C=O) groups excluding carboxylic acids is 1. The largest absolute Gasteiger partial charge is 0.282 e. The van der Waals surface area contributed by atoms with Gasteiger partial charge in [-0.1, -0.05) is 22.9 Å². The molecule has 0 fully saturated rings. The molecule has 0 atom stereocenters. The minimum absolute atomic E-state index is 0.196. The van der Waals surface area contributed by atoms with Crippen molar-refractivity contribution in [3.8, 4) is 0 Å². The summed E-state index contributed by atoms with van der Waals surface area (Å²) in [4.78, 5) is 19.2. The van der Waals surface area contributed by atoms with E-state index in [1.807, 2.05) is 12.3 Å². The fourth-order valence-corrected chi connectivity index (χ4v) is 3.81. The Morgan fingerprint density at radius 1 is 1.22 bits per heavy atom. The van der Waals surface area contributed by atoms with Gasteiger partial charge in [-0.15, -0.1) is 0 Å². The van der Waals surface area contributed by atoms with E-state index >= 15 is 0 Å². The van der Waals surface area contributed by atoms with Crippen molar-refractivity contribution in [2.24, 2.45) is 0 Å². The number of benzene rings is 2. The maximum absolute atomic E-state index is 13.5. The first-order valence-corrected chi connectivity index (χ1v) is 9.40. The first kappa shape index (κ1) is 17.6. The number of nitrogens with zero attached hydrogens (tertiary/aromatic N) is 4. The average Bonchev–Trinajstić information content (AvgIpc) is 3.31. The van der Waals surface area contributed by atoms with Crippen LogP contribution in [0.1, 0.15) is 10.4 Å². The molecule has 0 unspecified atom stereocenters. The van der Waals surface area contributed by atoms with Crippen LogP contribution in [0.15, 0.2) is 60.9 Å². The second-order valence-corrected chi connectivity index (χ2v) is 7.29. The Labute approximate surface area is 163 Å². The first-order valence-electron chi connectivity index (χ1n) is 8.21. The van der Waals surface area contributed by atoms with Crippen LogP contribution in [0.25, 0.3) is 10.2 Å². The molecule has 0 N–H and O–H groups in total. The molecule has 0 saturated carbocycles. The van der Waals surface area contributed by atoms with Gasteiger partial charge in [0.25, 0.3) is 5.91 Å². The molecule has 8 heteroatoms. The normalized spacial score (nSPS) is 11.0. The summed E-state index contributed by atoms with van der Waals surface area (Å²) < 4.78 is 16.0. The molecular formula is C19H14ClFN4OS. The summed E-state index contributed by atoms with van der Waals surface area (Å²) in [5.74, 6) is -0.525. The summed E-state index contributed by atoms with van der Waals surface area (Å²) >= 11 is 7.21. The fraction of sp³-hybridized carbons (Fsp3) is 0.105. The zero-order valence-corrected chi connectivity index (χ0v) is 15.6. The summed E-state index contributed by atoms with van der Waals surface area (Å²) in [6.07, 6.45) is 3.52. The number of aromatic nitrogens is 3. The van der Waals surface area contributed by atoms with Crippen molar-refractivity contribution >= 4 is 44.2 Å². The van der Waals surface area contributed by atoms with Gasteiger partial charge in [0.1, 0.15) is 5.82 Å². The van der Waals surface area contributed by atoms with Crippen LogP contribution in [0, 0.1) is 5.82 Å². The van der Waals surface area contributed by atoms with E-state index in [1.54, 1.807) is 46.1 Å². The molecule has 5 nitrogen and oxygen atoms in total. The molecule has 27 heavy (non-hydrogen) atoms. The number of hydrogen-bond donors (Lipinski definition) is 0. The van der Waals surface area contributed by atoms with Gasteiger partial charge >= 0.3 is 0 Å². The molecule has 0 aliphatic heterocycles. The SMILES string of the molecule is O=C(c1ccc(Cl)cc1)N(CCn1cccn1)c1nc2ccc(F)cc2s1. The third-order valence-electron chi connectivity index (χ3n) is 4.02. The minimum Gasteiger partial charge on any atom is -0.282 e. The smallest absolute Gasteiger partial charge is 0.260 e. The van der Waals surface area contributed by atoms with Crippen LogP contribution in [0.3, 0.4) is 0 Å². The van der Waals surface area contributed by atoms with Crippen LogP contribution >= 0.6 is 22.9 Å². The van der Waals surface area contributed by atoms with Crippen molar-refractivity contribution in [3.05, 3.63) is 77.3 Å². The number of thiazole rings is 1. The highest BCUT2D eigenvalue weighted by molar-refractivity contribution is 7.22. The van der Waals surface area contributed by atoms with Gasteiger partial charge < -0.3 is 0 Å². The molecule has 2 heterocycles. The summed E-state index contributed by atoms with van der Waals surface area (Å²) in [6.45, 7) is 0.891. The summed E-state index contributed by atoms with van der Waals surface area (Å²) in [5, 5.41) is 5.25. The fourth-order valence-electron chi connectivity index (χ4n) is 2.67. The molecule has 136 valence electrons. The topological polar surface area (TPSA) is 51.0 Å². The van der Waals surface area contributed by atoms with Crippen LogP contribution in [0.4, 0.5) is 9.52 Å². The molecule has 0 aliphatic carbocycles. The molecule has 4 aromatic rings. The Hall–Kier alpha value is -2.77. The predicted molar refractivity (Wildman–Crippen MR) is 105 cm³/mol. The summed E-state index contributed by atoms with van der Waals surface area (Å²) in [5.41, 5.74) is 1.16. The molecule has 2 aromatic carbocycles. The Balaban J connectivity index is 1.69. The van der Waals surface area contributed by atoms with E-state index in [2.05, 4.69) is 10.1 Å².